The number of ether oxygens (including phenoxy) is 2. The number of hydrogen-bond donors (Lipinski definition) is 2. The number of nitrogens with two attached hydrogens (primary N) is 1. The number of carbonyl (C=O) groups is 2. The van der Waals surface area contributed by atoms with Crippen molar-refractivity contribution in [3.05, 3.63) is 18.0 Å². The standard InChI is InChI=1S/C14H23N3O4/c1-10(2)17-8-11(15)7-12(17)14(19)21-9-13(18)16-5-4-6-20-3/h7-8,10H,4-6,9,15H2,1-3H3,(H,16,18). The second-order valence-corrected chi connectivity index (χ2v) is 4.93. The average molecular weight is 297 g/mol. The zero-order valence-corrected chi connectivity index (χ0v) is 12.7. The SMILES string of the molecule is COCCCNC(=O)COC(=O)c1cc(N)cn1C(C)C. The molecule has 0 unspecified atom stereocenters. The second kappa shape index (κ2) is 8.31. The third kappa shape index (κ3) is 5.47. The number of amides is 1. The fourth-order valence-corrected chi connectivity index (χ4v) is 1.79. The van der Waals surface area contributed by atoms with Crippen molar-refractivity contribution in [1.29, 1.82) is 0 Å². The van der Waals surface area contributed by atoms with Crippen LogP contribution in [0, 0.1) is 0 Å². The molecular weight excluding hydrogens is 274 g/mol. The summed E-state index contributed by atoms with van der Waals surface area (Å²) in [5.74, 6) is -0.900. The second-order valence-electron chi connectivity index (χ2n) is 4.93. The van der Waals surface area contributed by atoms with Crippen LogP contribution < -0.4 is 11.1 Å². The van der Waals surface area contributed by atoms with Gasteiger partial charge in [0.1, 0.15) is 5.69 Å². The van der Waals surface area contributed by atoms with Crippen LogP contribution in [0.25, 0.3) is 0 Å². The summed E-state index contributed by atoms with van der Waals surface area (Å²) in [6, 6.07) is 1.62. The highest BCUT2D eigenvalue weighted by molar-refractivity contribution is 5.91. The van der Waals surface area contributed by atoms with Gasteiger partial charge >= 0.3 is 5.97 Å². The zero-order valence-electron chi connectivity index (χ0n) is 12.7. The number of hydrogen-bond acceptors (Lipinski definition) is 5. The molecule has 1 aromatic rings. The van der Waals surface area contributed by atoms with Gasteiger partial charge in [0.05, 0.1) is 5.69 Å². The lowest BCUT2D eigenvalue weighted by Gasteiger charge is -2.12. The van der Waals surface area contributed by atoms with Gasteiger partial charge in [-0.3, -0.25) is 4.79 Å². The summed E-state index contributed by atoms with van der Waals surface area (Å²) < 4.78 is 11.6. The number of aromatic nitrogens is 1. The molecule has 0 saturated heterocycles. The minimum Gasteiger partial charge on any atom is -0.451 e. The van der Waals surface area contributed by atoms with Gasteiger partial charge in [0.15, 0.2) is 6.61 Å². The van der Waals surface area contributed by atoms with Gasteiger partial charge in [-0.1, -0.05) is 0 Å². The Balaban J connectivity index is 2.45. The molecule has 0 aliphatic heterocycles. The van der Waals surface area contributed by atoms with E-state index in [4.69, 9.17) is 15.2 Å². The number of nitrogens with one attached hydrogen (secondary N) is 1. The van der Waals surface area contributed by atoms with Gasteiger partial charge in [-0.15, -0.1) is 0 Å². The monoisotopic (exact) mass is 297 g/mol. The van der Waals surface area contributed by atoms with Crippen molar-refractivity contribution in [1.82, 2.24) is 9.88 Å². The minimum atomic E-state index is -0.563. The fraction of sp³-hybridized carbons (Fsp3) is 0.571. The van der Waals surface area contributed by atoms with Crippen molar-refractivity contribution in [3.8, 4) is 0 Å². The summed E-state index contributed by atoms with van der Waals surface area (Å²) in [5.41, 5.74) is 6.51. The van der Waals surface area contributed by atoms with Crippen LogP contribution >= 0.6 is 0 Å². The molecule has 0 fully saturated rings. The molecule has 0 aliphatic carbocycles. The quantitative estimate of drug-likeness (QED) is 0.550. The van der Waals surface area contributed by atoms with Crippen LogP contribution in [0.15, 0.2) is 12.3 Å². The van der Waals surface area contributed by atoms with Gasteiger partial charge in [-0.25, -0.2) is 4.79 Å². The Labute approximate surface area is 124 Å². The summed E-state index contributed by atoms with van der Waals surface area (Å²) in [6.45, 7) is 4.60. The molecule has 1 amide bonds. The number of nitrogens with zero attached hydrogens (tertiary/aromatic N) is 1. The first-order chi connectivity index (χ1) is 9.95. The van der Waals surface area contributed by atoms with Crippen LogP contribution in [-0.4, -0.2) is 43.3 Å². The first-order valence-electron chi connectivity index (χ1n) is 6.85. The number of methoxy groups -OCH3 is 1. The maximum absolute atomic E-state index is 12.0. The smallest absolute Gasteiger partial charge is 0.355 e. The Bertz CT molecular complexity index is 483. The van der Waals surface area contributed by atoms with Crippen LogP contribution in [0.4, 0.5) is 5.69 Å². The number of rotatable bonds is 8. The van der Waals surface area contributed by atoms with Crippen molar-refractivity contribution < 1.29 is 19.1 Å². The molecule has 0 saturated carbocycles. The molecule has 118 valence electrons. The van der Waals surface area contributed by atoms with Crippen molar-refractivity contribution in [2.24, 2.45) is 0 Å². The molecule has 21 heavy (non-hydrogen) atoms. The molecule has 1 heterocycles. The summed E-state index contributed by atoms with van der Waals surface area (Å²) in [7, 11) is 1.60. The van der Waals surface area contributed by atoms with Gasteiger partial charge in [-0.05, 0) is 26.3 Å². The normalized spacial score (nSPS) is 10.7. The Morgan fingerprint density at radius 1 is 1.43 bits per heavy atom. The van der Waals surface area contributed by atoms with E-state index in [0.717, 1.165) is 0 Å². The first kappa shape index (κ1) is 17.0. The van der Waals surface area contributed by atoms with Gasteiger partial charge in [0, 0.05) is 32.5 Å². The predicted molar refractivity (Wildman–Crippen MR) is 79.0 cm³/mol. The molecule has 1 aromatic heterocycles. The third-order valence-corrected chi connectivity index (χ3v) is 2.82. The number of anilines is 1. The zero-order chi connectivity index (χ0) is 15.8. The van der Waals surface area contributed by atoms with Gasteiger partial charge in [0.2, 0.25) is 0 Å². The van der Waals surface area contributed by atoms with E-state index in [2.05, 4.69) is 5.32 Å². The van der Waals surface area contributed by atoms with Crippen LogP contribution in [0.1, 0.15) is 36.8 Å². The molecule has 0 atom stereocenters. The molecule has 7 heteroatoms. The fourth-order valence-electron chi connectivity index (χ4n) is 1.79. The van der Waals surface area contributed by atoms with E-state index in [1.54, 1.807) is 23.9 Å². The van der Waals surface area contributed by atoms with E-state index in [9.17, 15) is 9.59 Å². The molecule has 7 nitrogen and oxygen atoms in total. The number of esters is 1. The van der Waals surface area contributed by atoms with Gasteiger partial charge < -0.3 is 25.1 Å². The summed E-state index contributed by atoms with van der Waals surface area (Å²) >= 11 is 0. The molecule has 0 spiro atoms. The minimum absolute atomic E-state index is 0.0766. The highest BCUT2D eigenvalue weighted by Gasteiger charge is 2.17. The van der Waals surface area contributed by atoms with Crippen LogP contribution in [0.5, 0.6) is 0 Å². The van der Waals surface area contributed by atoms with E-state index < -0.39 is 5.97 Å². The summed E-state index contributed by atoms with van der Waals surface area (Å²) in [4.78, 5) is 23.5. The lowest BCUT2D eigenvalue weighted by Crippen LogP contribution is -2.30. The van der Waals surface area contributed by atoms with Crippen LogP contribution in [0.2, 0.25) is 0 Å². The van der Waals surface area contributed by atoms with Crippen molar-refractivity contribution in [2.45, 2.75) is 26.3 Å². The molecule has 1 rings (SSSR count). The Morgan fingerprint density at radius 2 is 2.14 bits per heavy atom. The molecular formula is C14H23N3O4. The van der Waals surface area contributed by atoms with E-state index in [-0.39, 0.29) is 18.6 Å². The van der Waals surface area contributed by atoms with Gasteiger partial charge in [0.25, 0.3) is 5.91 Å². The average Bonchev–Trinajstić information content (AvgIpc) is 2.83. The molecule has 0 bridgehead atoms. The maximum atomic E-state index is 12.0. The molecule has 3 N–H and O–H groups in total. The lowest BCUT2D eigenvalue weighted by atomic mass is 10.3. The Hall–Kier alpha value is -2.02. The Kier molecular flexibility index (Phi) is 6.74. The number of carbonyl (C=O) groups excluding carboxylic acids is 2. The highest BCUT2D eigenvalue weighted by Crippen LogP contribution is 2.17. The molecule has 0 aliphatic rings. The van der Waals surface area contributed by atoms with Crippen LogP contribution in [-0.2, 0) is 14.3 Å². The third-order valence-electron chi connectivity index (χ3n) is 2.82. The molecule has 0 aromatic carbocycles. The maximum Gasteiger partial charge on any atom is 0.355 e. The van der Waals surface area contributed by atoms with Crippen molar-refractivity contribution >= 4 is 17.6 Å². The highest BCUT2D eigenvalue weighted by atomic mass is 16.5. The van der Waals surface area contributed by atoms with E-state index in [1.165, 1.54) is 0 Å². The predicted octanol–water partition coefficient (Wildman–Crippen LogP) is 0.961. The van der Waals surface area contributed by atoms with Crippen molar-refractivity contribution in [3.63, 3.8) is 0 Å². The van der Waals surface area contributed by atoms with Crippen molar-refractivity contribution in [2.75, 3.05) is 32.6 Å². The lowest BCUT2D eigenvalue weighted by molar-refractivity contribution is -0.124. The summed E-state index contributed by atoms with van der Waals surface area (Å²) in [5, 5.41) is 2.64. The van der Waals surface area contributed by atoms with E-state index in [0.29, 0.717) is 31.0 Å². The Morgan fingerprint density at radius 3 is 2.76 bits per heavy atom. The van der Waals surface area contributed by atoms with E-state index in [1.807, 2.05) is 13.8 Å². The number of nitrogen functional groups attached to an aromatic ring is 1. The molecule has 0 radical (unpaired) electrons. The largest absolute Gasteiger partial charge is 0.451 e. The van der Waals surface area contributed by atoms with Crippen LogP contribution in [0.3, 0.4) is 0 Å². The summed E-state index contributed by atoms with van der Waals surface area (Å²) in [6.07, 6.45) is 2.38. The van der Waals surface area contributed by atoms with E-state index >= 15 is 0 Å². The topological polar surface area (TPSA) is 95.6 Å². The van der Waals surface area contributed by atoms with Gasteiger partial charge in [-0.2, -0.15) is 0 Å². The first-order valence-corrected chi connectivity index (χ1v) is 6.85.